The second-order valence-corrected chi connectivity index (χ2v) is 4.97. The first-order valence-corrected chi connectivity index (χ1v) is 6.12. The normalized spacial score (nSPS) is 15.1. The summed E-state index contributed by atoms with van der Waals surface area (Å²) in [6.07, 6.45) is 3.77. The largest absolute Gasteiger partial charge is 0.384 e. The van der Waals surface area contributed by atoms with Crippen LogP contribution in [0, 0.1) is 0 Å². The van der Waals surface area contributed by atoms with Gasteiger partial charge in [-0.3, -0.25) is 4.57 Å². The van der Waals surface area contributed by atoms with Gasteiger partial charge in [0.05, 0.1) is 0 Å². The number of nitrogens with one attached hydrogen (secondary N) is 1. The average Bonchev–Trinajstić information content (AvgIpc) is 3.08. The number of hydrogen-bond donors (Lipinski definition) is 2. The Balaban J connectivity index is 1.90. The van der Waals surface area contributed by atoms with Gasteiger partial charge in [0.15, 0.2) is 5.16 Å². The smallest absolute Gasteiger partial charge is 0.344 e. The number of nitrogen functional groups attached to an aromatic ring is 1. The summed E-state index contributed by atoms with van der Waals surface area (Å²) < 4.78 is 1.71. The number of aromatic nitrogens is 4. The standard InChI is InChI=1S/C10H11N5OS/c11-8-4-3-7(5-12-8)17-10-14-13-9(16)15(10)6-1-2-6/h3-6H,1-2H2,(H2,11,12)(H,13,16). The molecule has 2 heterocycles. The van der Waals surface area contributed by atoms with Gasteiger partial charge in [0.1, 0.15) is 5.82 Å². The summed E-state index contributed by atoms with van der Waals surface area (Å²) in [6, 6.07) is 3.91. The van der Waals surface area contributed by atoms with Crippen molar-refractivity contribution in [1.29, 1.82) is 0 Å². The van der Waals surface area contributed by atoms with Gasteiger partial charge in [-0.05, 0) is 36.7 Å². The molecular weight excluding hydrogens is 238 g/mol. The molecule has 17 heavy (non-hydrogen) atoms. The van der Waals surface area contributed by atoms with Crippen LogP contribution >= 0.6 is 11.8 Å². The molecule has 0 radical (unpaired) electrons. The number of nitrogens with zero attached hydrogens (tertiary/aromatic N) is 3. The Kier molecular flexibility index (Phi) is 2.40. The number of hydrogen-bond acceptors (Lipinski definition) is 5. The minimum Gasteiger partial charge on any atom is -0.384 e. The number of nitrogens with two attached hydrogens (primary N) is 1. The van der Waals surface area contributed by atoms with E-state index in [9.17, 15) is 4.79 Å². The zero-order chi connectivity index (χ0) is 11.8. The highest BCUT2D eigenvalue weighted by molar-refractivity contribution is 7.99. The zero-order valence-corrected chi connectivity index (χ0v) is 9.78. The lowest BCUT2D eigenvalue weighted by atomic mass is 10.5. The quantitative estimate of drug-likeness (QED) is 0.848. The molecule has 1 saturated carbocycles. The fourth-order valence-corrected chi connectivity index (χ4v) is 2.45. The van der Waals surface area contributed by atoms with Crippen molar-refractivity contribution in [3.8, 4) is 0 Å². The Labute approximate surface area is 101 Å². The van der Waals surface area contributed by atoms with Crippen molar-refractivity contribution >= 4 is 17.6 Å². The first-order valence-electron chi connectivity index (χ1n) is 5.30. The lowest BCUT2D eigenvalue weighted by Crippen LogP contribution is -2.15. The van der Waals surface area contributed by atoms with Crippen molar-refractivity contribution < 1.29 is 0 Å². The van der Waals surface area contributed by atoms with Crippen LogP contribution in [-0.4, -0.2) is 19.7 Å². The third-order valence-electron chi connectivity index (χ3n) is 2.55. The van der Waals surface area contributed by atoms with Crippen LogP contribution in [0.4, 0.5) is 5.82 Å². The second-order valence-electron chi connectivity index (χ2n) is 3.93. The summed E-state index contributed by atoms with van der Waals surface area (Å²) in [5, 5.41) is 7.19. The van der Waals surface area contributed by atoms with Gasteiger partial charge in [-0.15, -0.1) is 5.10 Å². The molecule has 2 aromatic heterocycles. The Morgan fingerprint density at radius 2 is 2.29 bits per heavy atom. The molecule has 0 saturated heterocycles. The van der Waals surface area contributed by atoms with Gasteiger partial charge in [-0.2, -0.15) is 0 Å². The van der Waals surface area contributed by atoms with Crippen molar-refractivity contribution in [2.75, 3.05) is 5.73 Å². The van der Waals surface area contributed by atoms with Crippen molar-refractivity contribution in [3.05, 3.63) is 28.8 Å². The van der Waals surface area contributed by atoms with Crippen LogP contribution in [0.25, 0.3) is 0 Å². The molecule has 3 rings (SSSR count). The van der Waals surface area contributed by atoms with Crippen molar-refractivity contribution in [2.45, 2.75) is 28.9 Å². The molecule has 1 fully saturated rings. The fraction of sp³-hybridized carbons (Fsp3) is 0.300. The maximum Gasteiger partial charge on any atom is 0.344 e. The molecule has 0 unspecified atom stereocenters. The molecule has 0 amide bonds. The van der Waals surface area contributed by atoms with Crippen LogP contribution in [0.1, 0.15) is 18.9 Å². The minimum absolute atomic E-state index is 0.140. The van der Waals surface area contributed by atoms with E-state index in [-0.39, 0.29) is 5.69 Å². The first kappa shape index (κ1) is 10.4. The van der Waals surface area contributed by atoms with Gasteiger partial charge in [0.25, 0.3) is 0 Å². The topological polar surface area (TPSA) is 89.6 Å². The Bertz CT molecular complexity index is 583. The predicted molar refractivity (Wildman–Crippen MR) is 63.9 cm³/mol. The fourth-order valence-electron chi connectivity index (χ4n) is 1.57. The third kappa shape index (κ3) is 2.05. The average molecular weight is 249 g/mol. The monoisotopic (exact) mass is 249 g/mol. The van der Waals surface area contributed by atoms with E-state index in [1.54, 1.807) is 16.8 Å². The Hall–Kier alpha value is -1.76. The van der Waals surface area contributed by atoms with Gasteiger partial charge >= 0.3 is 5.69 Å². The molecule has 0 aliphatic heterocycles. The Morgan fingerprint density at radius 1 is 1.47 bits per heavy atom. The molecule has 6 nitrogen and oxygen atoms in total. The van der Waals surface area contributed by atoms with Crippen LogP contribution in [-0.2, 0) is 0 Å². The van der Waals surface area contributed by atoms with Gasteiger partial charge in [0, 0.05) is 17.1 Å². The third-order valence-corrected chi connectivity index (χ3v) is 3.50. The van der Waals surface area contributed by atoms with Crippen LogP contribution < -0.4 is 11.4 Å². The molecule has 0 spiro atoms. The minimum atomic E-state index is -0.140. The molecule has 1 aliphatic carbocycles. The molecule has 1 aliphatic rings. The van der Waals surface area contributed by atoms with E-state index < -0.39 is 0 Å². The van der Waals surface area contributed by atoms with E-state index in [0.717, 1.165) is 17.7 Å². The van der Waals surface area contributed by atoms with E-state index in [0.29, 0.717) is 17.0 Å². The van der Waals surface area contributed by atoms with E-state index in [1.807, 2.05) is 6.07 Å². The van der Waals surface area contributed by atoms with E-state index in [4.69, 9.17) is 5.73 Å². The number of pyridine rings is 1. The zero-order valence-electron chi connectivity index (χ0n) is 8.96. The van der Waals surface area contributed by atoms with Crippen LogP contribution in [0.5, 0.6) is 0 Å². The first-order chi connectivity index (χ1) is 8.24. The van der Waals surface area contributed by atoms with Gasteiger partial charge in [-0.1, -0.05) is 0 Å². The van der Waals surface area contributed by atoms with E-state index >= 15 is 0 Å². The maximum absolute atomic E-state index is 11.6. The van der Waals surface area contributed by atoms with Crippen molar-refractivity contribution in [1.82, 2.24) is 19.7 Å². The lowest BCUT2D eigenvalue weighted by Gasteiger charge is -2.02. The molecule has 0 bridgehead atoms. The number of H-pyrrole nitrogens is 1. The van der Waals surface area contributed by atoms with E-state index in [2.05, 4.69) is 15.2 Å². The van der Waals surface area contributed by atoms with Gasteiger partial charge in [-0.25, -0.2) is 14.9 Å². The van der Waals surface area contributed by atoms with Crippen molar-refractivity contribution in [2.24, 2.45) is 0 Å². The summed E-state index contributed by atoms with van der Waals surface area (Å²) in [7, 11) is 0. The highest BCUT2D eigenvalue weighted by atomic mass is 32.2. The van der Waals surface area contributed by atoms with E-state index in [1.165, 1.54) is 11.8 Å². The summed E-state index contributed by atoms with van der Waals surface area (Å²) in [5.41, 5.74) is 5.37. The highest BCUT2D eigenvalue weighted by Crippen LogP contribution is 2.37. The van der Waals surface area contributed by atoms with Crippen LogP contribution in [0.3, 0.4) is 0 Å². The van der Waals surface area contributed by atoms with Gasteiger partial charge in [0.2, 0.25) is 0 Å². The maximum atomic E-state index is 11.6. The lowest BCUT2D eigenvalue weighted by molar-refractivity contribution is 0.642. The summed E-state index contributed by atoms with van der Waals surface area (Å²) >= 11 is 1.41. The number of anilines is 1. The molecular formula is C10H11N5OS. The highest BCUT2D eigenvalue weighted by Gasteiger charge is 2.28. The predicted octanol–water partition coefficient (Wildman–Crippen LogP) is 1.03. The molecule has 88 valence electrons. The molecule has 2 aromatic rings. The second kappa shape index (κ2) is 3.92. The summed E-state index contributed by atoms with van der Waals surface area (Å²) in [4.78, 5) is 16.5. The van der Waals surface area contributed by atoms with Gasteiger partial charge < -0.3 is 5.73 Å². The number of rotatable bonds is 3. The summed E-state index contributed by atoms with van der Waals surface area (Å²) in [5.74, 6) is 0.482. The molecule has 0 atom stereocenters. The Morgan fingerprint density at radius 3 is 2.94 bits per heavy atom. The van der Waals surface area contributed by atoms with Crippen LogP contribution in [0.15, 0.2) is 33.2 Å². The number of aromatic amines is 1. The molecule has 7 heteroatoms. The van der Waals surface area contributed by atoms with Crippen LogP contribution in [0.2, 0.25) is 0 Å². The molecule has 3 N–H and O–H groups in total. The summed E-state index contributed by atoms with van der Waals surface area (Å²) in [6.45, 7) is 0. The van der Waals surface area contributed by atoms with Crippen molar-refractivity contribution in [3.63, 3.8) is 0 Å². The SMILES string of the molecule is Nc1ccc(Sc2n[nH]c(=O)n2C2CC2)cn1. The molecule has 0 aromatic carbocycles.